The van der Waals surface area contributed by atoms with Crippen molar-refractivity contribution in [2.24, 2.45) is 0 Å². The van der Waals surface area contributed by atoms with E-state index in [1.807, 2.05) is 6.26 Å². The summed E-state index contributed by atoms with van der Waals surface area (Å²) in [5, 5.41) is 2.47. The van der Waals surface area contributed by atoms with Crippen LogP contribution in [0.25, 0.3) is 0 Å². The Kier molecular flexibility index (Phi) is 6.03. The number of nitrogens with zero attached hydrogens (tertiary/aromatic N) is 1. The maximum absolute atomic E-state index is 12.0. The van der Waals surface area contributed by atoms with Crippen LogP contribution in [0.5, 0.6) is 0 Å². The first-order valence-corrected chi connectivity index (χ1v) is 7.91. The first-order valence-electron chi connectivity index (χ1n) is 5.49. The van der Waals surface area contributed by atoms with Crippen molar-refractivity contribution in [1.82, 2.24) is 10.2 Å². The molecule has 1 unspecified atom stereocenters. The van der Waals surface area contributed by atoms with Crippen LogP contribution >= 0.6 is 46.6 Å². The summed E-state index contributed by atoms with van der Waals surface area (Å²) in [5.74, 6) is 0. The Labute approximate surface area is 122 Å². The molecule has 0 aromatic heterocycles. The van der Waals surface area contributed by atoms with Gasteiger partial charge in [-0.25, -0.2) is 4.79 Å². The molecular weight excluding hydrogens is 303 g/mol. The van der Waals surface area contributed by atoms with E-state index >= 15 is 0 Å². The van der Waals surface area contributed by atoms with E-state index in [4.69, 9.17) is 34.8 Å². The number of nitrogens with one attached hydrogen (secondary N) is 1. The van der Waals surface area contributed by atoms with Crippen LogP contribution in [0.2, 0.25) is 0 Å². The molecule has 0 heterocycles. The summed E-state index contributed by atoms with van der Waals surface area (Å²) in [5.41, 5.74) is 0. The molecule has 0 bridgehead atoms. The van der Waals surface area contributed by atoms with Crippen LogP contribution in [-0.4, -0.2) is 39.4 Å². The third-order valence-electron chi connectivity index (χ3n) is 2.86. The molecule has 1 fully saturated rings. The van der Waals surface area contributed by atoms with Crippen LogP contribution in [0.1, 0.15) is 25.7 Å². The van der Waals surface area contributed by atoms with E-state index in [-0.39, 0.29) is 12.1 Å². The van der Waals surface area contributed by atoms with E-state index in [1.165, 1.54) is 29.5 Å². The number of hydrogen-bond acceptors (Lipinski definition) is 2. The Balaban J connectivity index is 2.54. The predicted molar refractivity (Wildman–Crippen MR) is 76.1 cm³/mol. The van der Waals surface area contributed by atoms with Crippen molar-refractivity contribution >= 4 is 52.6 Å². The molecule has 0 radical (unpaired) electrons. The van der Waals surface area contributed by atoms with E-state index in [0.29, 0.717) is 0 Å². The van der Waals surface area contributed by atoms with Gasteiger partial charge < -0.3 is 10.2 Å². The van der Waals surface area contributed by atoms with Gasteiger partial charge in [0.05, 0.1) is 0 Å². The Hall–Kier alpha value is 0.490. The van der Waals surface area contributed by atoms with Crippen molar-refractivity contribution in [3.05, 3.63) is 0 Å². The zero-order chi connectivity index (χ0) is 13.1. The van der Waals surface area contributed by atoms with Gasteiger partial charge in [0, 0.05) is 13.1 Å². The minimum absolute atomic E-state index is 0.178. The summed E-state index contributed by atoms with van der Waals surface area (Å²) in [4.78, 5) is 13.4. The van der Waals surface area contributed by atoms with E-state index in [2.05, 4.69) is 5.32 Å². The molecule has 2 amide bonds. The number of alkyl halides is 3. The van der Waals surface area contributed by atoms with Crippen molar-refractivity contribution in [3.8, 4) is 0 Å². The van der Waals surface area contributed by atoms with Gasteiger partial charge >= 0.3 is 6.03 Å². The summed E-state index contributed by atoms with van der Waals surface area (Å²) in [6.07, 6.45) is 6.23. The molecule has 0 saturated heterocycles. The van der Waals surface area contributed by atoms with Gasteiger partial charge in [-0.05, 0) is 19.1 Å². The molecule has 1 aliphatic carbocycles. The minimum Gasteiger partial charge on any atom is -0.335 e. The highest BCUT2D eigenvalue weighted by Gasteiger charge is 2.37. The second kappa shape index (κ2) is 6.60. The van der Waals surface area contributed by atoms with E-state index in [9.17, 15) is 4.79 Å². The van der Waals surface area contributed by atoms with Gasteiger partial charge in [-0.15, -0.1) is 11.8 Å². The van der Waals surface area contributed by atoms with Crippen molar-refractivity contribution in [1.29, 1.82) is 0 Å². The second-order valence-electron chi connectivity index (χ2n) is 4.17. The first kappa shape index (κ1) is 15.5. The minimum atomic E-state index is -1.48. The number of hydrogen-bond donors (Lipinski definition) is 1. The SMILES string of the molecule is CSC(N(C)C(=O)NC1CCCC1)C(Cl)(Cl)Cl. The number of urea groups is 1. The fraction of sp³-hybridized carbons (Fsp3) is 0.900. The topological polar surface area (TPSA) is 32.3 Å². The molecule has 17 heavy (non-hydrogen) atoms. The lowest BCUT2D eigenvalue weighted by Crippen LogP contribution is -2.49. The molecule has 1 atom stereocenters. The largest absolute Gasteiger partial charge is 0.335 e. The molecule has 7 heteroatoms. The number of rotatable bonds is 3. The third-order valence-corrected chi connectivity index (χ3v) is 4.98. The molecule has 3 nitrogen and oxygen atoms in total. The van der Waals surface area contributed by atoms with E-state index in [1.54, 1.807) is 7.05 Å². The van der Waals surface area contributed by atoms with Crippen molar-refractivity contribution in [2.75, 3.05) is 13.3 Å². The fourth-order valence-corrected chi connectivity index (χ4v) is 3.88. The molecule has 0 aromatic carbocycles. The summed E-state index contributed by atoms with van der Waals surface area (Å²) in [6.45, 7) is 0. The summed E-state index contributed by atoms with van der Waals surface area (Å²) in [7, 11) is 1.65. The monoisotopic (exact) mass is 318 g/mol. The Morgan fingerprint density at radius 1 is 1.41 bits per heavy atom. The lowest BCUT2D eigenvalue weighted by Gasteiger charge is -2.32. The number of carbonyl (C=O) groups excluding carboxylic acids is 1. The Morgan fingerprint density at radius 3 is 2.35 bits per heavy atom. The average molecular weight is 320 g/mol. The zero-order valence-electron chi connectivity index (χ0n) is 9.88. The zero-order valence-corrected chi connectivity index (χ0v) is 13.0. The lowest BCUT2D eigenvalue weighted by atomic mass is 10.2. The summed E-state index contributed by atoms with van der Waals surface area (Å²) in [6, 6.07) is 0.0883. The van der Waals surface area contributed by atoms with Crippen LogP contribution in [0.3, 0.4) is 0 Å². The highest BCUT2D eigenvalue weighted by molar-refractivity contribution is 7.99. The summed E-state index contributed by atoms with van der Waals surface area (Å²) < 4.78 is -1.48. The van der Waals surface area contributed by atoms with Crippen LogP contribution in [0.15, 0.2) is 0 Å². The molecule has 100 valence electrons. The standard InChI is InChI=1S/C10H17Cl3N2OS/c1-15(8(17-2)10(11,12)13)9(16)14-7-5-3-4-6-7/h7-8H,3-6H2,1-2H3,(H,14,16). The van der Waals surface area contributed by atoms with Crippen LogP contribution in [0.4, 0.5) is 4.79 Å². The van der Waals surface area contributed by atoms with Crippen molar-refractivity contribution in [3.63, 3.8) is 0 Å². The van der Waals surface area contributed by atoms with Gasteiger partial charge in [-0.3, -0.25) is 0 Å². The maximum atomic E-state index is 12.0. The van der Waals surface area contributed by atoms with Gasteiger partial charge in [0.25, 0.3) is 0 Å². The van der Waals surface area contributed by atoms with E-state index < -0.39 is 9.17 Å². The number of halogens is 3. The molecule has 0 aromatic rings. The molecular formula is C10H17Cl3N2OS. The number of amides is 2. The third kappa shape index (κ3) is 4.58. The van der Waals surface area contributed by atoms with Gasteiger partial charge in [0.1, 0.15) is 5.37 Å². The maximum Gasteiger partial charge on any atom is 0.318 e. The Bertz CT molecular complexity index is 267. The molecule has 0 aliphatic heterocycles. The molecule has 1 rings (SSSR count). The molecule has 1 saturated carbocycles. The highest BCUT2D eigenvalue weighted by Crippen LogP contribution is 2.38. The van der Waals surface area contributed by atoms with Gasteiger partial charge in [-0.1, -0.05) is 47.6 Å². The van der Waals surface area contributed by atoms with Crippen LogP contribution in [0, 0.1) is 0 Å². The smallest absolute Gasteiger partial charge is 0.318 e. The highest BCUT2D eigenvalue weighted by atomic mass is 35.6. The average Bonchev–Trinajstić information content (AvgIpc) is 2.69. The lowest BCUT2D eigenvalue weighted by molar-refractivity contribution is 0.201. The second-order valence-corrected chi connectivity index (χ2v) is 7.46. The summed E-state index contributed by atoms with van der Waals surface area (Å²) >= 11 is 18.9. The van der Waals surface area contributed by atoms with E-state index in [0.717, 1.165) is 12.8 Å². The molecule has 1 N–H and O–H groups in total. The normalized spacial score (nSPS) is 19.1. The number of thioether (sulfide) groups is 1. The quantitative estimate of drug-likeness (QED) is 0.636. The first-order chi connectivity index (χ1) is 7.86. The number of carbonyl (C=O) groups is 1. The van der Waals surface area contributed by atoms with Crippen molar-refractivity contribution < 1.29 is 4.79 Å². The van der Waals surface area contributed by atoms with Gasteiger partial charge in [-0.2, -0.15) is 0 Å². The molecule has 1 aliphatic rings. The van der Waals surface area contributed by atoms with Gasteiger partial charge in [0.2, 0.25) is 3.79 Å². The van der Waals surface area contributed by atoms with Crippen LogP contribution in [-0.2, 0) is 0 Å². The van der Waals surface area contributed by atoms with Crippen molar-refractivity contribution in [2.45, 2.75) is 40.9 Å². The Morgan fingerprint density at radius 2 is 1.94 bits per heavy atom. The van der Waals surface area contributed by atoms with Crippen LogP contribution < -0.4 is 5.32 Å². The predicted octanol–water partition coefficient (Wildman–Crippen LogP) is 3.63. The van der Waals surface area contributed by atoms with Gasteiger partial charge in [0.15, 0.2) is 0 Å². The molecule has 0 spiro atoms. The fourth-order valence-electron chi connectivity index (χ4n) is 1.96.